The van der Waals surface area contributed by atoms with Crippen LogP contribution in [0.4, 0.5) is 0 Å². The second-order valence-corrected chi connectivity index (χ2v) is 8.66. The molecule has 0 saturated carbocycles. The van der Waals surface area contributed by atoms with Crippen LogP contribution >= 0.6 is 0 Å². The normalized spacial score (nSPS) is 21.2. The molecule has 0 aromatic heterocycles. The van der Waals surface area contributed by atoms with Gasteiger partial charge in [0.1, 0.15) is 0 Å². The molecule has 1 aliphatic rings. The van der Waals surface area contributed by atoms with E-state index in [1.54, 1.807) is 0 Å². The number of hydrogen-bond donors (Lipinski definition) is 0. The summed E-state index contributed by atoms with van der Waals surface area (Å²) in [5.74, 6) is 1.46. The van der Waals surface area contributed by atoms with Gasteiger partial charge in [-0.3, -0.25) is 4.48 Å². The zero-order chi connectivity index (χ0) is 19.2. The van der Waals surface area contributed by atoms with Gasteiger partial charge in [-0.2, -0.15) is 0 Å². The largest absolute Gasteiger partial charge is 0.281 e. The molecule has 1 aliphatic heterocycles. The summed E-state index contributed by atoms with van der Waals surface area (Å²) in [5, 5.41) is 0. The lowest BCUT2D eigenvalue weighted by Gasteiger charge is -2.29. The van der Waals surface area contributed by atoms with Crippen LogP contribution in [-0.2, 0) is 6.42 Å². The lowest BCUT2D eigenvalue weighted by molar-refractivity contribution is -0.814. The molecule has 2 nitrogen and oxygen atoms in total. The van der Waals surface area contributed by atoms with Crippen LogP contribution in [0.5, 0.6) is 0 Å². The minimum absolute atomic E-state index is 0.950. The first-order chi connectivity index (χ1) is 13.2. The summed E-state index contributed by atoms with van der Waals surface area (Å²) < 4.78 is 1.12. The smallest absolute Gasteiger partial charge is 0.198 e. The van der Waals surface area contributed by atoms with Gasteiger partial charge in [-0.25, -0.2) is 4.99 Å². The fourth-order valence-electron chi connectivity index (χ4n) is 4.38. The predicted molar refractivity (Wildman–Crippen MR) is 119 cm³/mol. The summed E-state index contributed by atoms with van der Waals surface area (Å²) in [6.45, 7) is 5.83. The molecule has 0 radical (unpaired) electrons. The number of benzene rings is 1. The van der Waals surface area contributed by atoms with Crippen LogP contribution in [0.25, 0.3) is 0 Å². The molecule has 1 unspecified atom stereocenters. The number of nitrogens with zero attached hydrogens (tertiary/aromatic N) is 2. The average Bonchev–Trinajstić information content (AvgIpc) is 3.05. The molecule has 0 N–H and O–H groups in total. The monoisotopic (exact) mass is 371 g/mol. The highest BCUT2D eigenvalue weighted by atomic mass is 15.4. The van der Waals surface area contributed by atoms with Crippen molar-refractivity contribution in [1.29, 1.82) is 0 Å². The lowest BCUT2D eigenvalue weighted by Crippen LogP contribution is -2.45. The van der Waals surface area contributed by atoms with E-state index in [0.29, 0.717) is 0 Å². The molecule has 1 saturated heterocycles. The molecule has 0 bridgehead atoms. The van der Waals surface area contributed by atoms with Crippen LogP contribution in [-0.4, -0.2) is 37.0 Å². The Morgan fingerprint density at radius 3 is 2.15 bits per heavy atom. The summed E-state index contributed by atoms with van der Waals surface area (Å²) in [7, 11) is 2.42. The molecular formula is C25H43N2+. The summed E-state index contributed by atoms with van der Waals surface area (Å²) in [5.41, 5.74) is 1.41. The Balaban J connectivity index is 1.59. The highest BCUT2D eigenvalue weighted by Gasteiger charge is 2.34. The average molecular weight is 372 g/mol. The van der Waals surface area contributed by atoms with Gasteiger partial charge in [0, 0.05) is 19.4 Å². The van der Waals surface area contributed by atoms with Crippen LogP contribution < -0.4 is 0 Å². The summed E-state index contributed by atoms with van der Waals surface area (Å²) >= 11 is 0. The fraction of sp³-hybridized carbons (Fsp3) is 0.720. The molecule has 1 aromatic carbocycles. The maximum absolute atomic E-state index is 5.02. The van der Waals surface area contributed by atoms with Crippen molar-refractivity contribution < 1.29 is 4.48 Å². The minimum atomic E-state index is 0.950. The van der Waals surface area contributed by atoms with E-state index < -0.39 is 0 Å². The second-order valence-electron chi connectivity index (χ2n) is 8.66. The maximum atomic E-state index is 5.02. The highest BCUT2D eigenvalue weighted by Crippen LogP contribution is 2.22. The summed E-state index contributed by atoms with van der Waals surface area (Å²) in [6.07, 6.45) is 17.8. The van der Waals surface area contributed by atoms with Gasteiger partial charge in [0.25, 0.3) is 0 Å². The van der Waals surface area contributed by atoms with Crippen molar-refractivity contribution >= 4 is 5.84 Å². The first-order valence-corrected chi connectivity index (χ1v) is 11.7. The first-order valence-electron chi connectivity index (χ1n) is 11.7. The van der Waals surface area contributed by atoms with Gasteiger partial charge in [0.15, 0.2) is 5.84 Å². The van der Waals surface area contributed by atoms with Crippen LogP contribution in [0.15, 0.2) is 35.3 Å². The molecular weight excluding hydrogens is 328 g/mol. The molecule has 27 heavy (non-hydrogen) atoms. The SMILES string of the molecule is CCCCCCCCCCCC[N+]1(C)CCCC1=NCCc1ccccc1. The third-order valence-corrected chi connectivity index (χ3v) is 6.22. The first kappa shape index (κ1) is 22.1. The molecule has 1 heterocycles. The maximum Gasteiger partial charge on any atom is 0.198 e. The molecule has 0 spiro atoms. The zero-order valence-electron chi connectivity index (χ0n) is 18.1. The third kappa shape index (κ3) is 8.60. The quantitative estimate of drug-likeness (QED) is 0.252. The van der Waals surface area contributed by atoms with Crippen molar-refractivity contribution in [3.63, 3.8) is 0 Å². The topological polar surface area (TPSA) is 12.4 Å². The number of aliphatic imine (C=N–C) groups is 1. The van der Waals surface area contributed by atoms with Crippen LogP contribution in [0.1, 0.15) is 89.5 Å². The molecule has 0 amide bonds. The Hall–Kier alpha value is -1.15. The number of quaternary nitrogens is 1. The Bertz CT molecular complexity index is 522. The van der Waals surface area contributed by atoms with E-state index in [-0.39, 0.29) is 0 Å². The van der Waals surface area contributed by atoms with E-state index in [1.807, 2.05) is 0 Å². The lowest BCUT2D eigenvalue weighted by atomic mass is 10.1. The van der Waals surface area contributed by atoms with Gasteiger partial charge in [-0.05, 0) is 24.8 Å². The molecule has 0 aliphatic carbocycles. The van der Waals surface area contributed by atoms with Crippen molar-refractivity contribution in [1.82, 2.24) is 0 Å². The Kier molecular flexibility index (Phi) is 10.7. The van der Waals surface area contributed by atoms with E-state index in [0.717, 1.165) is 17.4 Å². The fourth-order valence-corrected chi connectivity index (χ4v) is 4.38. The van der Waals surface area contributed by atoms with Crippen LogP contribution in [0, 0.1) is 0 Å². The third-order valence-electron chi connectivity index (χ3n) is 6.22. The molecule has 1 aromatic rings. The Morgan fingerprint density at radius 2 is 1.48 bits per heavy atom. The summed E-state index contributed by atoms with van der Waals surface area (Å²) in [4.78, 5) is 5.02. The van der Waals surface area contributed by atoms with Gasteiger partial charge in [0.05, 0.1) is 20.1 Å². The number of hydrogen-bond acceptors (Lipinski definition) is 1. The highest BCUT2D eigenvalue weighted by molar-refractivity contribution is 5.77. The summed E-state index contributed by atoms with van der Waals surface area (Å²) in [6, 6.07) is 10.8. The minimum Gasteiger partial charge on any atom is -0.281 e. The van der Waals surface area contributed by atoms with Crippen LogP contribution in [0.2, 0.25) is 0 Å². The van der Waals surface area contributed by atoms with Gasteiger partial charge >= 0.3 is 0 Å². The second kappa shape index (κ2) is 13.1. The van der Waals surface area contributed by atoms with Gasteiger partial charge in [0.2, 0.25) is 0 Å². The van der Waals surface area contributed by atoms with E-state index in [2.05, 4.69) is 44.3 Å². The zero-order valence-corrected chi connectivity index (χ0v) is 18.1. The van der Waals surface area contributed by atoms with Crippen molar-refractivity contribution in [2.24, 2.45) is 4.99 Å². The number of likely N-dealkylation sites (tertiary alicyclic amines) is 1. The number of unbranched alkanes of at least 4 members (excludes halogenated alkanes) is 9. The molecule has 1 fully saturated rings. The van der Waals surface area contributed by atoms with Crippen molar-refractivity contribution in [2.75, 3.05) is 26.7 Å². The van der Waals surface area contributed by atoms with E-state index in [9.17, 15) is 0 Å². The van der Waals surface area contributed by atoms with E-state index in [1.165, 1.54) is 102 Å². The molecule has 2 rings (SSSR count). The van der Waals surface area contributed by atoms with Crippen molar-refractivity contribution in [2.45, 2.75) is 90.4 Å². The Morgan fingerprint density at radius 1 is 0.852 bits per heavy atom. The molecule has 2 heteroatoms. The van der Waals surface area contributed by atoms with E-state index >= 15 is 0 Å². The molecule has 1 atom stereocenters. The molecule has 152 valence electrons. The van der Waals surface area contributed by atoms with Crippen LogP contribution in [0.3, 0.4) is 0 Å². The number of rotatable bonds is 14. The number of amidine groups is 1. The predicted octanol–water partition coefficient (Wildman–Crippen LogP) is 6.79. The van der Waals surface area contributed by atoms with Crippen molar-refractivity contribution in [3.05, 3.63) is 35.9 Å². The van der Waals surface area contributed by atoms with Gasteiger partial charge < -0.3 is 0 Å². The Labute approximate surface area is 168 Å². The van der Waals surface area contributed by atoms with Gasteiger partial charge in [-0.1, -0.05) is 88.6 Å². The van der Waals surface area contributed by atoms with Crippen molar-refractivity contribution in [3.8, 4) is 0 Å². The van der Waals surface area contributed by atoms with E-state index in [4.69, 9.17) is 4.99 Å². The standard InChI is InChI=1S/C25H43N2/c1-3-4-5-6-7-8-9-10-11-15-22-27(2)23-16-19-25(27)26-21-20-24-17-13-12-14-18-24/h12-14,17-18H,3-11,15-16,19-23H2,1-2H3/q+1. The van der Waals surface area contributed by atoms with Gasteiger partial charge in [-0.15, -0.1) is 0 Å².